The average molecular weight is 286 g/mol. The first kappa shape index (κ1) is 13.5. The Labute approximate surface area is 119 Å². The zero-order valence-electron chi connectivity index (χ0n) is 10.3. The van der Waals surface area contributed by atoms with E-state index in [1.165, 1.54) is 6.07 Å². The molecular weight excluding hydrogens is 278 g/mol. The first-order valence-corrected chi connectivity index (χ1v) is 5.84. The van der Waals surface area contributed by atoms with Crippen LogP contribution in [0.4, 0.5) is 17.6 Å². The van der Waals surface area contributed by atoms with Gasteiger partial charge in [-0.3, -0.25) is 0 Å². The van der Waals surface area contributed by atoms with Gasteiger partial charge >= 0.3 is 0 Å². The Kier molecular flexibility index (Phi) is 3.94. The third kappa shape index (κ3) is 2.91. The van der Waals surface area contributed by atoms with Crippen LogP contribution in [0.25, 0.3) is 0 Å². The summed E-state index contributed by atoms with van der Waals surface area (Å²) >= 11 is 5.76. The Morgan fingerprint density at radius 1 is 1.05 bits per heavy atom. The Morgan fingerprint density at radius 2 is 1.75 bits per heavy atom. The molecular formula is C12H8ClN7. The second-order valence-electron chi connectivity index (χ2n) is 3.61. The molecule has 1 aromatic heterocycles. The molecule has 2 aromatic rings. The predicted octanol–water partition coefficient (Wildman–Crippen LogP) is 2.05. The smallest absolute Gasteiger partial charge is 0.233 e. The van der Waals surface area contributed by atoms with Gasteiger partial charge in [0, 0.05) is 12.7 Å². The number of rotatable bonds is 3. The summed E-state index contributed by atoms with van der Waals surface area (Å²) in [7, 11) is 1.66. The van der Waals surface area contributed by atoms with Gasteiger partial charge in [0.05, 0.1) is 11.1 Å². The number of aromatic nitrogens is 3. The number of halogens is 1. The fraction of sp³-hybridized carbons (Fsp3) is 0.0833. The molecule has 0 aliphatic rings. The maximum absolute atomic E-state index is 8.97. The highest BCUT2D eigenvalue weighted by Crippen LogP contribution is 2.19. The highest BCUT2D eigenvalue weighted by Gasteiger charge is 2.07. The molecule has 2 rings (SSSR count). The minimum atomic E-state index is 0.0426. The molecule has 0 amide bonds. The highest BCUT2D eigenvalue weighted by atomic mass is 35.5. The number of nitrogens with one attached hydrogen (secondary N) is 2. The van der Waals surface area contributed by atoms with E-state index >= 15 is 0 Å². The van der Waals surface area contributed by atoms with Crippen LogP contribution in [0.5, 0.6) is 0 Å². The first-order valence-electron chi connectivity index (χ1n) is 5.47. The van der Waals surface area contributed by atoms with Crippen molar-refractivity contribution < 1.29 is 0 Å². The molecule has 7 nitrogen and oxygen atoms in total. The zero-order chi connectivity index (χ0) is 14.5. The molecule has 0 saturated heterocycles. The van der Waals surface area contributed by atoms with Gasteiger partial charge in [-0.25, -0.2) is 0 Å². The summed E-state index contributed by atoms with van der Waals surface area (Å²) in [5, 5.41) is 23.5. The van der Waals surface area contributed by atoms with Crippen molar-refractivity contribution in [2.75, 3.05) is 17.7 Å². The number of hydrogen-bond acceptors (Lipinski definition) is 7. The van der Waals surface area contributed by atoms with Crippen LogP contribution in [0.1, 0.15) is 11.1 Å². The van der Waals surface area contributed by atoms with Gasteiger partial charge in [0.1, 0.15) is 12.1 Å². The lowest BCUT2D eigenvalue weighted by atomic mass is 10.1. The van der Waals surface area contributed by atoms with Gasteiger partial charge in [-0.2, -0.15) is 25.5 Å². The van der Waals surface area contributed by atoms with Crippen molar-refractivity contribution in [3.05, 3.63) is 34.6 Å². The molecule has 0 unspecified atom stereocenters. The van der Waals surface area contributed by atoms with Gasteiger partial charge < -0.3 is 10.6 Å². The summed E-state index contributed by atoms with van der Waals surface area (Å²) in [6.45, 7) is 0. The lowest BCUT2D eigenvalue weighted by molar-refractivity contribution is 1.05. The van der Waals surface area contributed by atoms with Crippen LogP contribution in [0.2, 0.25) is 5.28 Å². The molecule has 0 saturated carbocycles. The van der Waals surface area contributed by atoms with Crippen LogP contribution in [-0.2, 0) is 0 Å². The van der Waals surface area contributed by atoms with Crippen molar-refractivity contribution in [3.63, 3.8) is 0 Å². The lowest BCUT2D eigenvalue weighted by Crippen LogP contribution is -2.04. The van der Waals surface area contributed by atoms with Crippen LogP contribution >= 0.6 is 11.6 Å². The van der Waals surface area contributed by atoms with E-state index < -0.39 is 0 Å². The quantitative estimate of drug-likeness (QED) is 0.888. The van der Waals surface area contributed by atoms with Crippen molar-refractivity contribution >= 4 is 29.2 Å². The summed E-state index contributed by atoms with van der Waals surface area (Å²) in [4.78, 5) is 11.8. The Morgan fingerprint density at radius 3 is 2.40 bits per heavy atom. The average Bonchev–Trinajstić information content (AvgIpc) is 2.46. The predicted molar refractivity (Wildman–Crippen MR) is 73.5 cm³/mol. The SMILES string of the molecule is CNc1nc(Cl)nc(Nc2ccc(C#N)c(C#N)c2)n1. The van der Waals surface area contributed by atoms with E-state index in [1.807, 2.05) is 12.1 Å². The molecule has 0 spiro atoms. The fourth-order valence-corrected chi connectivity index (χ4v) is 1.62. The highest BCUT2D eigenvalue weighted by molar-refractivity contribution is 6.28. The van der Waals surface area contributed by atoms with Crippen LogP contribution in [0.3, 0.4) is 0 Å². The molecule has 2 N–H and O–H groups in total. The van der Waals surface area contributed by atoms with Crippen LogP contribution < -0.4 is 10.6 Å². The van der Waals surface area contributed by atoms with Crippen molar-refractivity contribution in [3.8, 4) is 12.1 Å². The standard InChI is InChI=1S/C12H8ClN7/c1-16-11-18-10(13)19-12(20-11)17-9-3-2-7(5-14)8(4-9)6-15/h2-4H,1H3,(H2,16,17,18,19,20). The second kappa shape index (κ2) is 5.83. The van der Waals surface area contributed by atoms with Crippen LogP contribution in [-0.4, -0.2) is 22.0 Å². The summed E-state index contributed by atoms with van der Waals surface area (Å²) in [6.07, 6.45) is 0. The van der Waals surface area contributed by atoms with E-state index in [2.05, 4.69) is 25.6 Å². The maximum atomic E-state index is 8.97. The van der Waals surface area contributed by atoms with E-state index in [0.717, 1.165) is 0 Å². The van der Waals surface area contributed by atoms with E-state index in [9.17, 15) is 0 Å². The second-order valence-corrected chi connectivity index (χ2v) is 3.95. The summed E-state index contributed by atoms with van der Waals surface area (Å²) in [5.41, 5.74) is 1.15. The molecule has 8 heteroatoms. The van der Waals surface area contributed by atoms with E-state index in [4.69, 9.17) is 22.1 Å². The van der Waals surface area contributed by atoms with Crippen molar-refractivity contribution in [2.24, 2.45) is 0 Å². The van der Waals surface area contributed by atoms with Gasteiger partial charge in [-0.05, 0) is 29.8 Å². The van der Waals surface area contributed by atoms with Gasteiger partial charge in [-0.15, -0.1) is 0 Å². The van der Waals surface area contributed by atoms with E-state index in [0.29, 0.717) is 17.2 Å². The summed E-state index contributed by atoms with van der Waals surface area (Å²) in [6, 6.07) is 8.63. The molecule has 1 heterocycles. The molecule has 20 heavy (non-hydrogen) atoms. The molecule has 0 bridgehead atoms. The number of hydrogen-bond donors (Lipinski definition) is 2. The van der Waals surface area contributed by atoms with Crippen LogP contribution in [0.15, 0.2) is 18.2 Å². The van der Waals surface area contributed by atoms with Gasteiger partial charge in [0.15, 0.2) is 0 Å². The minimum Gasteiger partial charge on any atom is -0.357 e. The number of anilines is 3. The van der Waals surface area contributed by atoms with Crippen molar-refractivity contribution in [2.45, 2.75) is 0 Å². The van der Waals surface area contributed by atoms with Crippen molar-refractivity contribution in [1.82, 2.24) is 15.0 Å². The maximum Gasteiger partial charge on any atom is 0.233 e. The first-order chi connectivity index (χ1) is 9.66. The summed E-state index contributed by atoms with van der Waals surface area (Å²) < 4.78 is 0. The Bertz CT molecular complexity index is 730. The number of nitriles is 2. The molecule has 1 aromatic carbocycles. The van der Waals surface area contributed by atoms with E-state index in [-0.39, 0.29) is 16.8 Å². The third-order valence-corrected chi connectivity index (χ3v) is 2.52. The van der Waals surface area contributed by atoms with Gasteiger partial charge in [0.25, 0.3) is 0 Å². The zero-order valence-corrected chi connectivity index (χ0v) is 11.1. The Balaban J connectivity index is 2.33. The van der Waals surface area contributed by atoms with Crippen molar-refractivity contribution in [1.29, 1.82) is 10.5 Å². The normalized spacial score (nSPS) is 9.40. The molecule has 0 atom stereocenters. The molecule has 0 aliphatic heterocycles. The molecule has 0 aliphatic carbocycles. The van der Waals surface area contributed by atoms with Gasteiger partial charge in [0.2, 0.25) is 17.2 Å². The molecule has 0 fully saturated rings. The van der Waals surface area contributed by atoms with Crippen LogP contribution in [0, 0.1) is 22.7 Å². The topological polar surface area (TPSA) is 110 Å². The third-order valence-electron chi connectivity index (χ3n) is 2.35. The van der Waals surface area contributed by atoms with E-state index in [1.54, 1.807) is 19.2 Å². The Hall–Kier alpha value is -2.90. The molecule has 0 radical (unpaired) electrons. The monoisotopic (exact) mass is 285 g/mol. The number of benzene rings is 1. The summed E-state index contributed by atoms with van der Waals surface area (Å²) in [5.74, 6) is 0.560. The molecule has 98 valence electrons. The fourth-order valence-electron chi connectivity index (χ4n) is 1.46. The number of nitrogens with zero attached hydrogens (tertiary/aromatic N) is 5. The minimum absolute atomic E-state index is 0.0426. The van der Waals surface area contributed by atoms with Gasteiger partial charge in [-0.1, -0.05) is 0 Å². The lowest BCUT2D eigenvalue weighted by Gasteiger charge is -2.07. The largest absolute Gasteiger partial charge is 0.357 e.